The first-order valence-corrected chi connectivity index (χ1v) is 7.07. The van der Waals surface area contributed by atoms with E-state index in [2.05, 4.69) is 5.32 Å². The fraction of sp³-hybridized carbons (Fsp3) is 0.417. The predicted octanol–water partition coefficient (Wildman–Crippen LogP) is 2.32. The summed E-state index contributed by atoms with van der Waals surface area (Å²) in [5.41, 5.74) is 1.02. The highest BCUT2D eigenvalue weighted by Crippen LogP contribution is 2.15. The number of amides is 1. The topological polar surface area (TPSA) is 49.3 Å². The molecular formula is C12H14ClF2NO2S. The van der Waals surface area contributed by atoms with Crippen LogP contribution in [-0.4, -0.2) is 35.8 Å². The number of halogens is 3. The first kappa shape index (κ1) is 16.2. The Morgan fingerprint density at radius 3 is 2.58 bits per heavy atom. The molecule has 0 heterocycles. The lowest BCUT2D eigenvalue weighted by atomic mass is 10.2. The Balaban J connectivity index is 2.18. The zero-order valence-electron chi connectivity index (χ0n) is 9.98. The van der Waals surface area contributed by atoms with Gasteiger partial charge in [-0.2, -0.15) is 0 Å². The van der Waals surface area contributed by atoms with Crippen molar-refractivity contribution in [3.8, 4) is 0 Å². The number of nitrogens with one attached hydrogen (secondary N) is 1. The van der Waals surface area contributed by atoms with E-state index in [0.29, 0.717) is 10.8 Å². The van der Waals surface area contributed by atoms with Crippen molar-refractivity contribution in [3.63, 3.8) is 0 Å². The summed E-state index contributed by atoms with van der Waals surface area (Å²) in [4.78, 5) is 11.3. The standard InChI is InChI=1S/C12H14ClF2NO2S/c13-9-3-1-8(2-4-9)6-19-7-11(18)16-5-10(17)12(14)15/h1-4,10,12,17H,5-7H2,(H,16,18). The Bertz CT molecular complexity index is 403. The molecule has 0 saturated carbocycles. The van der Waals surface area contributed by atoms with Crippen LogP contribution in [-0.2, 0) is 10.5 Å². The molecule has 1 aromatic rings. The second kappa shape index (κ2) is 8.35. The summed E-state index contributed by atoms with van der Waals surface area (Å²) in [6.07, 6.45) is -4.66. The van der Waals surface area contributed by atoms with E-state index in [0.717, 1.165) is 5.56 Å². The number of carbonyl (C=O) groups is 1. The van der Waals surface area contributed by atoms with Crippen LogP contribution >= 0.6 is 23.4 Å². The summed E-state index contributed by atoms with van der Waals surface area (Å²) in [5.74, 6) is 0.402. The first-order valence-electron chi connectivity index (χ1n) is 5.54. The maximum absolute atomic E-state index is 12.0. The van der Waals surface area contributed by atoms with Gasteiger partial charge in [-0.05, 0) is 17.7 Å². The van der Waals surface area contributed by atoms with E-state index in [-0.39, 0.29) is 11.7 Å². The van der Waals surface area contributed by atoms with Gasteiger partial charge >= 0.3 is 0 Å². The highest BCUT2D eigenvalue weighted by molar-refractivity contribution is 7.99. The molecule has 0 aliphatic heterocycles. The van der Waals surface area contributed by atoms with E-state index >= 15 is 0 Å². The lowest BCUT2D eigenvalue weighted by Gasteiger charge is -2.10. The Kier molecular flexibility index (Phi) is 7.12. The summed E-state index contributed by atoms with van der Waals surface area (Å²) in [5, 5.41) is 11.7. The van der Waals surface area contributed by atoms with Gasteiger partial charge in [0.05, 0.1) is 5.75 Å². The van der Waals surface area contributed by atoms with Gasteiger partial charge in [0.25, 0.3) is 6.43 Å². The van der Waals surface area contributed by atoms with Gasteiger partial charge in [0.2, 0.25) is 5.91 Å². The molecule has 0 aliphatic carbocycles. The molecule has 1 rings (SSSR count). The van der Waals surface area contributed by atoms with Crippen LogP contribution in [0.4, 0.5) is 8.78 Å². The molecule has 106 valence electrons. The van der Waals surface area contributed by atoms with Crippen LogP contribution in [0.3, 0.4) is 0 Å². The monoisotopic (exact) mass is 309 g/mol. The molecule has 19 heavy (non-hydrogen) atoms. The van der Waals surface area contributed by atoms with Crippen molar-refractivity contribution in [2.75, 3.05) is 12.3 Å². The van der Waals surface area contributed by atoms with E-state index in [1.165, 1.54) is 11.8 Å². The van der Waals surface area contributed by atoms with Crippen LogP contribution < -0.4 is 5.32 Å². The summed E-state index contributed by atoms with van der Waals surface area (Å²) < 4.78 is 23.9. The maximum atomic E-state index is 12.0. The fourth-order valence-electron chi connectivity index (χ4n) is 1.20. The van der Waals surface area contributed by atoms with E-state index < -0.39 is 19.1 Å². The Hall–Kier alpha value is -0.850. The zero-order valence-corrected chi connectivity index (χ0v) is 11.6. The predicted molar refractivity (Wildman–Crippen MR) is 72.6 cm³/mol. The zero-order chi connectivity index (χ0) is 14.3. The van der Waals surface area contributed by atoms with Crippen LogP contribution in [0.5, 0.6) is 0 Å². The van der Waals surface area contributed by atoms with E-state index in [1.807, 2.05) is 12.1 Å². The van der Waals surface area contributed by atoms with E-state index in [9.17, 15) is 13.6 Å². The van der Waals surface area contributed by atoms with Crippen LogP contribution in [0.2, 0.25) is 5.02 Å². The van der Waals surface area contributed by atoms with Gasteiger partial charge in [0.15, 0.2) is 0 Å². The number of benzene rings is 1. The molecule has 1 aromatic carbocycles. The van der Waals surface area contributed by atoms with Crippen LogP contribution in [0.25, 0.3) is 0 Å². The summed E-state index contributed by atoms with van der Waals surface area (Å²) in [6.45, 7) is -0.433. The van der Waals surface area contributed by atoms with Gasteiger partial charge in [-0.15, -0.1) is 11.8 Å². The summed E-state index contributed by atoms with van der Waals surface area (Å²) in [7, 11) is 0. The lowest BCUT2D eigenvalue weighted by Crippen LogP contribution is -2.36. The Morgan fingerprint density at radius 2 is 2.00 bits per heavy atom. The minimum atomic E-state index is -2.85. The number of aliphatic hydroxyl groups excluding tert-OH is 1. The van der Waals surface area contributed by atoms with Crippen molar-refractivity contribution in [1.82, 2.24) is 5.32 Å². The first-order chi connectivity index (χ1) is 8.99. The van der Waals surface area contributed by atoms with E-state index in [4.69, 9.17) is 16.7 Å². The third kappa shape index (κ3) is 6.75. The lowest BCUT2D eigenvalue weighted by molar-refractivity contribution is -0.119. The third-order valence-electron chi connectivity index (χ3n) is 2.21. The SMILES string of the molecule is O=C(CSCc1ccc(Cl)cc1)NCC(O)C(F)F. The molecule has 0 saturated heterocycles. The number of hydrogen-bond donors (Lipinski definition) is 2. The van der Waals surface area contributed by atoms with Crippen molar-refractivity contribution in [3.05, 3.63) is 34.9 Å². The number of rotatable bonds is 7. The minimum Gasteiger partial charge on any atom is -0.385 e. The molecule has 0 fully saturated rings. The number of thioether (sulfide) groups is 1. The fourth-order valence-corrected chi connectivity index (χ4v) is 2.14. The molecule has 1 atom stereocenters. The minimum absolute atomic E-state index is 0.151. The molecule has 1 amide bonds. The molecule has 0 bridgehead atoms. The maximum Gasteiger partial charge on any atom is 0.265 e. The molecule has 0 radical (unpaired) electrons. The molecule has 2 N–H and O–H groups in total. The Labute approximate surface area is 119 Å². The highest BCUT2D eigenvalue weighted by Gasteiger charge is 2.17. The number of carbonyl (C=O) groups excluding carboxylic acids is 1. The second-order valence-corrected chi connectivity index (χ2v) is 5.25. The molecule has 0 aromatic heterocycles. The van der Waals surface area contributed by atoms with Gasteiger partial charge in [0.1, 0.15) is 6.10 Å². The highest BCUT2D eigenvalue weighted by atomic mass is 35.5. The third-order valence-corrected chi connectivity index (χ3v) is 3.47. The van der Waals surface area contributed by atoms with Crippen molar-refractivity contribution >= 4 is 29.3 Å². The molecule has 0 aliphatic rings. The van der Waals surface area contributed by atoms with Gasteiger partial charge in [-0.25, -0.2) is 8.78 Å². The van der Waals surface area contributed by atoms with Crippen molar-refractivity contribution in [1.29, 1.82) is 0 Å². The quantitative estimate of drug-likeness (QED) is 0.812. The van der Waals surface area contributed by atoms with Gasteiger partial charge in [-0.3, -0.25) is 4.79 Å². The van der Waals surface area contributed by atoms with Crippen LogP contribution in [0.1, 0.15) is 5.56 Å². The smallest absolute Gasteiger partial charge is 0.265 e. The van der Waals surface area contributed by atoms with Gasteiger partial charge in [-0.1, -0.05) is 23.7 Å². The molecule has 1 unspecified atom stereocenters. The van der Waals surface area contributed by atoms with Crippen LogP contribution in [0, 0.1) is 0 Å². The largest absolute Gasteiger partial charge is 0.385 e. The molecule has 7 heteroatoms. The average molecular weight is 310 g/mol. The number of alkyl halides is 2. The van der Waals surface area contributed by atoms with Gasteiger partial charge < -0.3 is 10.4 Å². The van der Waals surface area contributed by atoms with Gasteiger partial charge in [0, 0.05) is 17.3 Å². The summed E-state index contributed by atoms with van der Waals surface area (Å²) in [6, 6.07) is 7.23. The molecular weight excluding hydrogens is 296 g/mol. The summed E-state index contributed by atoms with van der Waals surface area (Å²) >= 11 is 7.09. The molecule has 0 spiro atoms. The normalized spacial score (nSPS) is 12.5. The van der Waals surface area contributed by atoms with Crippen LogP contribution in [0.15, 0.2) is 24.3 Å². The van der Waals surface area contributed by atoms with Crippen molar-refractivity contribution < 1.29 is 18.7 Å². The Morgan fingerprint density at radius 1 is 1.37 bits per heavy atom. The number of hydrogen-bond acceptors (Lipinski definition) is 3. The second-order valence-electron chi connectivity index (χ2n) is 3.83. The average Bonchev–Trinajstić information content (AvgIpc) is 2.38. The molecule has 3 nitrogen and oxygen atoms in total. The van der Waals surface area contributed by atoms with E-state index in [1.54, 1.807) is 12.1 Å². The van der Waals surface area contributed by atoms with Crippen molar-refractivity contribution in [2.45, 2.75) is 18.3 Å². The number of aliphatic hydroxyl groups is 1. The van der Waals surface area contributed by atoms with Crippen molar-refractivity contribution in [2.24, 2.45) is 0 Å².